The van der Waals surface area contributed by atoms with E-state index >= 15 is 0 Å². The number of rotatable bonds is 6. The predicted octanol–water partition coefficient (Wildman–Crippen LogP) is 9.19. The summed E-state index contributed by atoms with van der Waals surface area (Å²) in [5.41, 5.74) is 9.68. The monoisotopic (exact) mass is 540 g/mol. The highest BCUT2D eigenvalue weighted by Gasteiger charge is 2.39. The summed E-state index contributed by atoms with van der Waals surface area (Å²) in [4.78, 5) is 9.27. The Kier molecular flexibility index (Phi) is 5.09. The lowest BCUT2D eigenvalue weighted by Gasteiger charge is -2.17. The summed E-state index contributed by atoms with van der Waals surface area (Å²) in [6.07, 6.45) is 17.0. The van der Waals surface area contributed by atoms with Crippen LogP contribution < -0.4 is 0 Å². The normalized spacial score (nSPS) is 14.7. The molecular formula is C27H24S6. The van der Waals surface area contributed by atoms with Crippen molar-refractivity contribution in [2.45, 2.75) is 48.6 Å². The van der Waals surface area contributed by atoms with Crippen molar-refractivity contribution in [2.75, 3.05) is 37.5 Å². The highest BCUT2D eigenvalue weighted by atomic mass is 32.2. The average Bonchev–Trinajstić information content (AvgIpc) is 3.52. The van der Waals surface area contributed by atoms with Crippen LogP contribution in [0.3, 0.4) is 0 Å². The molecule has 0 amide bonds. The van der Waals surface area contributed by atoms with E-state index in [4.69, 9.17) is 0 Å². The molecule has 0 saturated carbocycles. The lowest BCUT2D eigenvalue weighted by atomic mass is 9.94. The van der Waals surface area contributed by atoms with Crippen LogP contribution in [-0.4, -0.2) is 37.5 Å². The van der Waals surface area contributed by atoms with E-state index in [0.717, 1.165) is 19.3 Å². The zero-order chi connectivity index (χ0) is 22.8. The highest BCUT2D eigenvalue weighted by molar-refractivity contribution is 8.02. The number of hydrogen-bond donors (Lipinski definition) is 0. The quantitative estimate of drug-likeness (QED) is 0.151. The first kappa shape index (κ1) is 22.0. The zero-order valence-corrected chi connectivity index (χ0v) is 24.5. The Morgan fingerprint density at radius 1 is 0.303 bits per heavy atom. The lowest BCUT2D eigenvalue weighted by Crippen LogP contribution is -1.95. The van der Waals surface area contributed by atoms with E-state index in [1.54, 1.807) is 95.1 Å². The van der Waals surface area contributed by atoms with Gasteiger partial charge < -0.3 is 0 Å². The first-order valence-electron chi connectivity index (χ1n) is 11.0. The van der Waals surface area contributed by atoms with Crippen molar-refractivity contribution in [3.05, 3.63) is 33.4 Å². The summed E-state index contributed by atoms with van der Waals surface area (Å²) in [6, 6.07) is 0. The van der Waals surface area contributed by atoms with Crippen molar-refractivity contribution >= 4 is 103 Å². The SMILES string of the molecule is CSc1c(SC)c2c3c4c1Cc1c(SC)c(SC)c5c(c14)c1c(c(SC)c(SC)c(c31)C2)C5. The Hall–Kier alpha value is -0.240. The molecule has 168 valence electrons. The minimum Gasteiger partial charge on any atom is -0.128 e. The van der Waals surface area contributed by atoms with E-state index in [1.807, 2.05) is 70.6 Å². The van der Waals surface area contributed by atoms with E-state index < -0.39 is 0 Å². The minimum atomic E-state index is 1.10. The van der Waals surface area contributed by atoms with Crippen molar-refractivity contribution in [1.29, 1.82) is 0 Å². The van der Waals surface area contributed by atoms with Crippen molar-refractivity contribution < 1.29 is 0 Å². The molecule has 0 atom stereocenters. The van der Waals surface area contributed by atoms with Gasteiger partial charge in [0.1, 0.15) is 0 Å². The van der Waals surface area contributed by atoms with Crippen molar-refractivity contribution in [3.8, 4) is 0 Å². The fraction of sp³-hybridized carbons (Fsp3) is 0.333. The molecule has 4 aromatic rings. The molecule has 0 N–H and O–H groups in total. The molecule has 0 bridgehead atoms. The van der Waals surface area contributed by atoms with Crippen molar-refractivity contribution in [3.63, 3.8) is 0 Å². The Balaban J connectivity index is 1.85. The minimum absolute atomic E-state index is 1.10. The molecular weight excluding hydrogens is 517 g/mol. The molecule has 6 heteroatoms. The zero-order valence-electron chi connectivity index (χ0n) is 19.6. The third kappa shape index (κ3) is 2.42. The van der Waals surface area contributed by atoms with Crippen LogP contribution in [0, 0.1) is 0 Å². The molecule has 7 rings (SSSR count). The van der Waals surface area contributed by atoms with Crippen LogP contribution in [0.5, 0.6) is 0 Å². The molecule has 0 saturated heterocycles. The molecule has 3 aliphatic carbocycles. The van der Waals surface area contributed by atoms with Gasteiger partial charge in [0.05, 0.1) is 0 Å². The van der Waals surface area contributed by atoms with Gasteiger partial charge >= 0.3 is 0 Å². The van der Waals surface area contributed by atoms with Gasteiger partial charge in [-0.1, -0.05) is 0 Å². The van der Waals surface area contributed by atoms with E-state index in [2.05, 4.69) is 37.5 Å². The number of benzene rings is 4. The van der Waals surface area contributed by atoms with Crippen LogP contribution in [0.2, 0.25) is 0 Å². The van der Waals surface area contributed by atoms with Gasteiger partial charge in [-0.25, -0.2) is 0 Å². The Bertz CT molecular complexity index is 1260. The number of thioether (sulfide) groups is 6. The predicted molar refractivity (Wildman–Crippen MR) is 158 cm³/mol. The first-order valence-corrected chi connectivity index (χ1v) is 18.4. The molecule has 33 heavy (non-hydrogen) atoms. The summed E-state index contributed by atoms with van der Waals surface area (Å²) in [5, 5.41) is 9.69. The molecule has 4 aromatic carbocycles. The van der Waals surface area contributed by atoms with Crippen molar-refractivity contribution in [2.24, 2.45) is 0 Å². The van der Waals surface area contributed by atoms with E-state index in [9.17, 15) is 0 Å². The largest absolute Gasteiger partial charge is 0.128 e. The van der Waals surface area contributed by atoms with Gasteiger partial charge in [-0.2, -0.15) is 0 Å². The summed E-state index contributed by atoms with van der Waals surface area (Å²) in [5.74, 6) is 0. The smallest absolute Gasteiger partial charge is 0.0250 e. The van der Waals surface area contributed by atoms with Gasteiger partial charge in [-0.05, 0) is 103 Å². The maximum Gasteiger partial charge on any atom is 0.0250 e. The standard InChI is InChI=1S/C27H24S6/c1-28-22-10-7-12-18-16(10)17-11(23(22)29-2)8-13-19(17)21-15(27(33-6)25(13)31-4)9-14(20(18)21)26(32-5)24(12)30-3/h7-9H2,1-6H3. The second-order valence-electron chi connectivity index (χ2n) is 8.85. The van der Waals surface area contributed by atoms with Gasteiger partial charge in [0.15, 0.2) is 0 Å². The molecule has 0 fully saturated rings. The molecule has 0 heterocycles. The third-order valence-electron chi connectivity index (χ3n) is 7.86. The van der Waals surface area contributed by atoms with Crippen LogP contribution in [0.4, 0.5) is 0 Å². The number of hydrogen-bond acceptors (Lipinski definition) is 6. The van der Waals surface area contributed by atoms with Crippen LogP contribution in [0.15, 0.2) is 29.4 Å². The second kappa shape index (κ2) is 7.63. The molecule has 0 unspecified atom stereocenters. The Morgan fingerprint density at radius 3 is 0.576 bits per heavy atom. The topological polar surface area (TPSA) is 0 Å². The summed E-state index contributed by atoms with van der Waals surface area (Å²) in [6.45, 7) is 0. The lowest BCUT2D eigenvalue weighted by molar-refractivity contribution is 1.04. The fourth-order valence-electron chi connectivity index (χ4n) is 6.90. The molecule has 0 nitrogen and oxygen atoms in total. The summed E-state index contributed by atoms with van der Waals surface area (Å²) >= 11 is 11.8. The first-order chi connectivity index (χ1) is 16.1. The van der Waals surface area contributed by atoms with Gasteiger partial charge in [-0.3, -0.25) is 0 Å². The van der Waals surface area contributed by atoms with Crippen LogP contribution in [0.1, 0.15) is 33.4 Å². The summed E-state index contributed by atoms with van der Waals surface area (Å²) < 4.78 is 0. The second-order valence-corrected chi connectivity index (χ2v) is 13.8. The maximum absolute atomic E-state index is 2.29. The highest BCUT2D eigenvalue weighted by Crippen LogP contribution is 2.62. The van der Waals surface area contributed by atoms with Crippen LogP contribution in [0.25, 0.3) is 32.3 Å². The maximum atomic E-state index is 2.29. The average molecular weight is 541 g/mol. The molecule has 0 radical (unpaired) electrons. The van der Waals surface area contributed by atoms with Crippen LogP contribution in [-0.2, 0) is 19.3 Å². The molecule has 0 aliphatic heterocycles. The van der Waals surface area contributed by atoms with Gasteiger partial charge in [0, 0.05) is 48.6 Å². The molecule has 3 aliphatic rings. The van der Waals surface area contributed by atoms with Crippen molar-refractivity contribution in [1.82, 2.24) is 0 Å². The van der Waals surface area contributed by atoms with Gasteiger partial charge in [-0.15, -0.1) is 70.6 Å². The van der Waals surface area contributed by atoms with E-state index in [0.29, 0.717) is 0 Å². The molecule has 0 aromatic heterocycles. The van der Waals surface area contributed by atoms with Crippen LogP contribution >= 0.6 is 70.6 Å². The van der Waals surface area contributed by atoms with Gasteiger partial charge in [0.2, 0.25) is 0 Å². The summed E-state index contributed by atoms with van der Waals surface area (Å²) in [7, 11) is 0. The van der Waals surface area contributed by atoms with E-state index in [-0.39, 0.29) is 0 Å². The Labute approximate surface area is 220 Å². The molecule has 0 spiro atoms. The van der Waals surface area contributed by atoms with E-state index in [1.165, 1.54) is 0 Å². The van der Waals surface area contributed by atoms with Gasteiger partial charge in [0.25, 0.3) is 0 Å². The Morgan fingerprint density at radius 2 is 0.455 bits per heavy atom. The third-order valence-corrected chi connectivity index (χ3v) is 13.4. The fourth-order valence-corrected chi connectivity index (χ4v) is 12.8.